The van der Waals surface area contributed by atoms with Crippen molar-refractivity contribution in [2.75, 3.05) is 26.4 Å². The van der Waals surface area contributed by atoms with Crippen LogP contribution in [0.5, 0.6) is 5.75 Å². The van der Waals surface area contributed by atoms with Crippen molar-refractivity contribution in [3.8, 4) is 5.75 Å². The predicted molar refractivity (Wildman–Crippen MR) is 205 cm³/mol. The van der Waals surface area contributed by atoms with Gasteiger partial charge < -0.3 is 29.0 Å². The second-order valence-corrected chi connectivity index (χ2v) is 15.0. The van der Waals surface area contributed by atoms with Crippen LogP contribution in [0.4, 0.5) is 0 Å². The third-order valence-corrected chi connectivity index (χ3v) is 9.44. The average Bonchev–Trinajstić information content (AvgIpc) is 3.11. The molecule has 0 aromatic heterocycles. The molecule has 52 heavy (non-hydrogen) atoms. The van der Waals surface area contributed by atoms with Crippen LogP contribution < -0.4 is 10.1 Å². The van der Waals surface area contributed by atoms with E-state index < -0.39 is 47.5 Å². The Morgan fingerprint density at radius 1 is 0.962 bits per heavy atom. The molecule has 5 unspecified atom stereocenters. The molecule has 2 aromatic rings. The number of hydrogen-bond donors (Lipinski definition) is 1. The molecule has 0 heterocycles. The van der Waals surface area contributed by atoms with Crippen molar-refractivity contribution in [3.05, 3.63) is 76.8 Å². The number of carbonyl (C=O) groups excluding carboxylic acids is 4. The number of carbonyl (C=O) groups is 4. The first-order valence-electron chi connectivity index (χ1n) is 17.6. The first-order chi connectivity index (χ1) is 24.6. The van der Waals surface area contributed by atoms with E-state index in [1.165, 1.54) is 24.9 Å². The number of nitrogens with one attached hydrogen (secondary N) is 1. The highest BCUT2D eigenvalue weighted by Gasteiger charge is 2.35. The summed E-state index contributed by atoms with van der Waals surface area (Å²) in [6, 6.07) is 13.9. The lowest BCUT2D eigenvalue weighted by atomic mass is 9.90. The first-order valence-corrected chi connectivity index (χ1v) is 19.4. The summed E-state index contributed by atoms with van der Waals surface area (Å²) in [7, 11) is 3.14. The molecule has 0 bridgehead atoms. The number of esters is 3. The number of hydrogen-bond acceptors (Lipinski definition) is 10. The summed E-state index contributed by atoms with van der Waals surface area (Å²) in [5.74, 6) is -1.81. The van der Waals surface area contributed by atoms with Crippen LogP contribution in [0.25, 0.3) is 0 Å². The normalized spacial score (nSPS) is 14.6. The van der Waals surface area contributed by atoms with Gasteiger partial charge in [0.15, 0.2) is 6.10 Å². The van der Waals surface area contributed by atoms with Gasteiger partial charge in [-0.15, -0.1) is 11.8 Å². The molecule has 288 valence electrons. The van der Waals surface area contributed by atoms with E-state index in [-0.39, 0.29) is 36.7 Å². The lowest BCUT2D eigenvalue weighted by Crippen LogP contribution is -2.42. The van der Waals surface area contributed by atoms with Gasteiger partial charge in [-0.05, 0) is 80.5 Å². The van der Waals surface area contributed by atoms with Crippen LogP contribution >= 0.6 is 23.4 Å². The summed E-state index contributed by atoms with van der Waals surface area (Å²) >= 11 is 7.63. The lowest BCUT2D eigenvalue weighted by molar-refractivity contribution is -0.179. The minimum Gasteiger partial charge on any atom is -0.495 e. The van der Waals surface area contributed by atoms with E-state index in [1.54, 1.807) is 51.5 Å². The summed E-state index contributed by atoms with van der Waals surface area (Å²) in [5.41, 5.74) is 0.911. The predicted octanol–water partition coefficient (Wildman–Crippen LogP) is 7.91. The molecule has 0 fully saturated rings. The molecule has 12 heteroatoms. The Morgan fingerprint density at radius 3 is 2.23 bits per heavy atom. The molecule has 2 aromatic carbocycles. The van der Waals surface area contributed by atoms with Gasteiger partial charge >= 0.3 is 17.9 Å². The number of rotatable bonds is 22. The third kappa shape index (κ3) is 14.8. The maximum Gasteiger partial charge on any atom is 0.347 e. The molecule has 0 radical (unpaired) electrons. The summed E-state index contributed by atoms with van der Waals surface area (Å²) in [5, 5.41) is 3.12. The summed E-state index contributed by atoms with van der Waals surface area (Å²) in [6.07, 6.45) is 4.29. The van der Waals surface area contributed by atoms with E-state index in [0.717, 1.165) is 5.56 Å². The van der Waals surface area contributed by atoms with E-state index in [2.05, 4.69) is 5.32 Å². The largest absolute Gasteiger partial charge is 0.495 e. The minimum atomic E-state index is -1.09. The van der Waals surface area contributed by atoms with Crippen molar-refractivity contribution in [2.45, 2.75) is 98.0 Å². The number of halogens is 1. The zero-order valence-corrected chi connectivity index (χ0v) is 33.5. The van der Waals surface area contributed by atoms with E-state index in [1.807, 2.05) is 58.0 Å². The molecule has 0 saturated carbocycles. The van der Waals surface area contributed by atoms with Crippen LogP contribution in [0.15, 0.2) is 60.7 Å². The number of methoxy groups -OCH3 is 2. The van der Waals surface area contributed by atoms with Crippen LogP contribution in [-0.2, 0) is 44.5 Å². The second-order valence-electron chi connectivity index (χ2n) is 13.8. The fraction of sp³-hybridized carbons (Fsp3) is 0.550. The van der Waals surface area contributed by atoms with Gasteiger partial charge in [0.2, 0.25) is 5.91 Å². The molecule has 1 amide bonds. The standard InChI is InChI=1S/C40H56ClNO9S/c1-10-40(5,6)39(46)51-35(21-26(2)3)38(45)50-32(27(4)22-34(48-8)29-15-12-11-13-16-29)17-14-18-36(43)42-31(37(44)49-25-52-9)24-28-19-20-33(47-7)30(41)23-28/h11-16,18-20,23,26-27,31-32,34-35H,10,17,21-22,24-25H2,1-9H3,(H,42,43)/b18-14+. The maximum atomic E-state index is 13.7. The maximum absolute atomic E-state index is 13.7. The average molecular weight is 762 g/mol. The Morgan fingerprint density at radius 2 is 1.65 bits per heavy atom. The Labute approximate surface area is 318 Å². The van der Waals surface area contributed by atoms with Crippen LogP contribution in [-0.4, -0.2) is 68.5 Å². The van der Waals surface area contributed by atoms with E-state index in [9.17, 15) is 19.2 Å². The van der Waals surface area contributed by atoms with Gasteiger partial charge in [-0.25, -0.2) is 9.59 Å². The fourth-order valence-electron chi connectivity index (χ4n) is 5.21. The van der Waals surface area contributed by atoms with E-state index in [0.29, 0.717) is 35.6 Å². The number of ether oxygens (including phenoxy) is 5. The molecule has 1 N–H and O–H groups in total. The van der Waals surface area contributed by atoms with Crippen molar-refractivity contribution >= 4 is 47.2 Å². The van der Waals surface area contributed by atoms with Crippen molar-refractivity contribution in [3.63, 3.8) is 0 Å². The first kappa shape index (κ1) is 44.6. The van der Waals surface area contributed by atoms with Gasteiger partial charge in [0.25, 0.3) is 0 Å². The molecule has 0 aliphatic heterocycles. The van der Waals surface area contributed by atoms with Gasteiger partial charge in [0.1, 0.15) is 23.8 Å². The summed E-state index contributed by atoms with van der Waals surface area (Å²) in [4.78, 5) is 52.9. The van der Waals surface area contributed by atoms with Gasteiger partial charge in [-0.3, -0.25) is 9.59 Å². The number of amides is 1. The Hall–Kier alpha value is -3.54. The van der Waals surface area contributed by atoms with Gasteiger partial charge in [0.05, 0.1) is 23.7 Å². The van der Waals surface area contributed by atoms with E-state index >= 15 is 0 Å². The lowest BCUT2D eigenvalue weighted by Gasteiger charge is -2.30. The zero-order valence-electron chi connectivity index (χ0n) is 31.9. The monoisotopic (exact) mass is 761 g/mol. The molecule has 0 spiro atoms. The van der Waals surface area contributed by atoms with Crippen molar-refractivity contribution in [1.82, 2.24) is 5.32 Å². The number of benzene rings is 2. The van der Waals surface area contributed by atoms with Crippen LogP contribution in [0.1, 0.15) is 84.5 Å². The molecule has 0 aliphatic carbocycles. The van der Waals surface area contributed by atoms with Crippen LogP contribution in [0.2, 0.25) is 5.02 Å². The van der Waals surface area contributed by atoms with Crippen molar-refractivity contribution in [2.24, 2.45) is 17.3 Å². The minimum absolute atomic E-state index is 0.0509. The topological polar surface area (TPSA) is 126 Å². The van der Waals surface area contributed by atoms with Crippen LogP contribution in [0.3, 0.4) is 0 Å². The molecule has 0 saturated heterocycles. The molecule has 2 rings (SSSR count). The highest BCUT2D eigenvalue weighted by Crippen LogP contribution is 2.30. The second kappa shape index (κ2) is 22.5. The van der Waals surface area contributed by atoms with Gasteiger partial charge in [-0.1, -0.05) is 81.8 Å². The SMILES string of the molecule is CCC(C)(C)C(=O)OC(CC(C)C)C(=O)OC(C/C=C/C(=O)NC(Cc1ccc(OC)c(Cl)c1)C(=O)OCSC)C(C)CC(OC)c1ccccc1. The molecule has 0 aliphatic rings. The Kier molecular flexibility index (Phi) is 19.3. The molecular formula is C40H56ClNO9S. The third-order valence-electron chi connectivity index (χ3n) is 8.79. The summed E-state index contributed by atoms with van der Waals surface area (Å²) in [6.45, 7) is 11.3. The Bertz CT molecular complexity index is 1470. The zero-order chi connectivity index (χ0) is 38.8. The molecular weight excluding hydrogens is 706 g/mol. The quantitative estimate of drug-likeness (QED) is 0.0548. The molecule has 5 atom stereocenters. The fourth-order valence-corrected chi connectivity index (χ4v) is 5.73. The van der Waals surface area contributed by atoms with Gasteiger partial charge in [-0.2, -0.15) is 0 Å². The van der Waals surface area contributed by atoms with Gasteiger partial charge in [0, 0.05) is 20.0 Å². The Balaban J connectivity index is 2.31. The van der Waals surface area contributed by atoms with Crippen molar-refractivity contribution < 1.29 is 42.9 Å². The smallest absolute Gasteiger partial charge is 0.347 e. The molecule has 10 nitrogen and oxygen atoms in total. The van der Waals surface area contributed by atoms with Crippen molar-refractivity contribution in [1.29, 1.82) is 0 Å². The van der Waals surface area contributed by atoms with E-state index in [4.69, 9.17) is 35.3 Å². The summed E-state index contributed by atoms with van der Waals surface area (Å²) < 4.78 is 28.2. The number of thioether (sulfide) groups is 1. The highest BCUT2D eigenvalue weighted by molar-refractivity contribution is 7.98. The van der Waals surface area contributed by atoms with Crippen LogP contribution in [0, 0.1) is 17.3 Å². The highest BCUT2D eigenvalue weighted by atomic mass is 35.5.